The average molecular weight is 321 g/mol. The normalized spacial score (nSPS) is 17.9. The van der Waals surface area contributed by atoms with Crippen LogP contribution in [-0.4, -0.2) is 13.1 Å². The molecule has 21 heavy (non-hydrogen) atoms. The van der Waals surface area contributed by atoms with Crippen LogP contribution in [-0.2, 0) is 13.0 Å². The zero-order valence-corrected chi connectivity index (χ0v) is 14.1. The van der Waals surface area contributed by atoms with Gasteiger partial charge in [0.2, 0.25) is 0 Å². The largest absolute Gasteiger partial charge is 0.363 e. The van der Waals surface area contributed by atoms with Crippen molar-refractivity contribution in [1.29, 1.82) is 0 Å². The summed E-state index contributed by atoms with van der Waals surface area (Å²) < 4.78 is 0. The van der Waals surface area contributed by atoms with E-state index in [2.05, 4.69) is 53.7 Å². The van der Waals surface area contributed by atoms with Gasteiger partial charge in [-0.3, -0.25) is 0 Å². The van der Waals surface area contributed by atoms with E-state index in [-0.39, 0.29) is 0 Å². The molecule has 0 saturated carbocycles. The smallest absolute Gasteiger partial charge is 0.0642 e. The zero-order chi connectivity index (χ0) is 14.8. The summed E-state index contributed by atoms with van der Waals surface area (Å²) in [7, 11) is 0. The number of anilines is 1. The van der Waals surface area contributed by atoms with Crippen LogP contribution in [0.1, 0.15) is 35.9 Å². The highest BCUT2D eigenvalue weighted by Gasteiger charge is 2.26. The fourth-order valence-corrected chi connectivity index (χ4v) is 4.28. The van der Waals surface area contributed by atoms with E-state index in [1.54, 1.807) is 0 Å². The maximum absolute atomic E-state index is 6.54. The predicted octanol–water partition coefficient (Wildman–Crippen LogP) is 4.63. The Morgan fingerprint density at radius 3 is 3.00 bits per heavy atom. The van der Waals surface area contributed by atoms with Crippen molar-refractivity contribution in [3.63, 3.8) is 0 Å². The molecule has 1 unspecified atom stereocenters. The maximum Gasteiger partial charge on any atom is 0.0642 e. The Hall–Kier alpha value is -1.03. The Bertz CT molecular complexity index is 623. The highest BCUT2D eigenvalue weighted by molar-refractivity contribution is 7.10. The molecule has 0 bridgehead atoms. The molecule has 0 radical (unpaired) electrons. The van der Waals surface area contributed by atoms with E-state index in [4.69, 9.17) is 11.6 Å². The first kappa shape index (κ1) is 14.9. The SMILES string of the molecule is CCNCc1ccc(N2CCc3sccc3C2C)c(Cl)c1. The van der Waals surface area contributed by atoms with Gasteiger partial charge in [-0.25, -0.2) is 0 Å². The van der Waals surface area contributed by atoms with Gasteiger partial charge in [-0.1, -0.05) is 24.6 Å². The van der Waals surface area contributed by atoms with Crippen LogP contribution in [0.3, 0.4) is 0 Å². The average Bonchev–Trinajstić information content (AvgIpc) is 2.96. The summed E-state index contributed by atoms with van der Waals surface area (Å²) in [6, 6.07) is 9.10. The van der Waals surface area contributed by atoms with Crippen LogP contribution in [0, 0.1) is 0 Å². The molecule has 112 valence electrons. The second-order valence-electron chi connectivity index (χ2n) is 5.48. The van der Waals surface area contributed by atoms with Gasteiger partial charge >= 0.3 is 0 Å². The molecular weight excluding hydrogens is 300 g/mol. The highest BCUT2D eigenvalue weighted by atomic mass is 35.5. The first-order valence-corrected chi connectivity index (χ1v) is 8.78. The van der Waals surface area contributed by atoms with Crippen molar-refractivity contribution in [2.75, 3.05) is 18.0 Å². The minimum absolute atomic E-state index is 0.400. The molecule has 0 spiro atoms. The molecule has 4 heteroatoms. The molecule has 0 fully saturated rings. The number of fused-ring (bicyclic) bond motifs is 1. The number of nitrogens with zero attached hydrogens (tertiary/aromatic N) is 1. The van der Waals surface area contributed by atoms with Crippen LogP contribution in [0.15, 0.2) is 29.6 Å². The topological polar surface area (TPSA) is 15.3 Å². The number of halogens is 1. The number of rotatable bonds is 4. The lowest BCUT2D eigenvalue weighted by molar-refractivity contribution is 0.632. The molecule has 1 aliphatic heterocycles. The quantitative estimate of drug-likeness (QED) is 0.883. The van der Waals surface area contributed by atoms with Gasteiger partial charge in [0.05, 0.1) is 16.8 Å². The molecule has 1 atom stereocenters. The molecule has 1 aliphatic rings. The first-order chi connectivity index (χ1) is 10.2. The van der Waals surface area contributed by atoms with E-state index in [1.807, 2.05) is 11.3 Å². The second-order valence-corrected chi connectivity index (χ2v) is 6.89. The van der Waals surface area contributed by atoms with Crippen LogP contribution < -0.4 is 10.2 Å². The third kappa shape index (κ3) is 2.96. The van der Waals surface area contributed by atoms with Crippen LogP contribution in [0.25, 0.3) is 0 Å². The Labute approximate surface area is 135 Å². The van der Waals surface area contributed by atoms with Crippen molar-refractivity contribution in [3.8, 4) is 0 Å². The van der Waals surface area contributed by atoms with Crippen LogP contribution in [0.2, 0.25) is 5.02 Å². The van der Waals surface area contributed by atoms with Gasteiger partial charge in [-0.2, -0.15) is 0 Å². The molecule has 3 rings (SSSR count). The lowest BCUT2D eigenvalue weighted by atomic mass is 10.0. The van der Waals surface area contributed by atoms with Gasteiger partial charge in [0.25, 0.3) is 0 Å². The molecule has 0 saturated heterocycles. The summed E-state index contributed by atoms with van der Waals surface area (Å²) in [6.07, 6.45) is 1.12. The number of nitrogens with one attached hydrogen (secondary N) is 1. The summed E-state index contributed by atoms with van der Waals surface area (Å²) in [5, 5.41) is 6.40. The molecule has 1 aromatic heterocycles. The van der Waals surface area contributed by atoms with E-state index in [0.29, 0.717) is 6.04 Å². The minimum Gasteiger partial charge on any atom is -0.363 e. The van der Waals surface area contributed by atoms with Gasteiger partial charge in [0.15, 0.2) is 0 Å². The van der Waals surface area contributed by atoms with Crippen molar-refractivity contribution in [3.05, 3.63) is 50.7 Å². The number of benzene rings is 1. The molecule has 1 aromatic carbocycles. The summed E-state index contributed by atoms with van der Waals surface area (Å²) >= 11 is 8.42. The minimum atomic E-state index is 0.400. The Morgan fingerprint density at radius 2 is 2.24 bits per heavy atom. The lowest BCUT2D eigenvalue weighted by Crippen LogP contribution is -2.33. The van der Waals surface area contributed by atoms with Crippen molar-refractivity contribution in [2.45, 2.75) is 32.9 Å². The Balaban J connectivity index is 1.84. The molecule has 0 amide bonds. The van der Waals surface area contributed by atoms with Crippen LogP contribution in [0.4, 0.5) is 5.69 Å². The number of hydrogen-bond acceptors (Lipinski definition) is 3. The van der Waals surface area contributed by atoms with Crippen LogP contribution in [0.5, 0.6) is 0 Å². The van der Waals surface area contributed by atoms with E-state index < -0.39 is 0 Å². The lowest BCUT2D eigenvalue weighted by Gasteiger charge is -2.36. The standard InChI is InChI=1S/C17H21ClN2S/c1-3-19-11-13-4-5-16(15(18)10-13)20-8-6-17-14(12(20)2)7-9-21-17/h4-5,7,9-10,12,19H,3,6,8,11H2,1-2H3. The van der Waals surface area contributed by atoms with Gasteiger partial charge in [0, 0.05) is 18.0 Å². The van der Waals surface area contributed by atoms with E-state index in [0.717, 1.165) is 36.8 Å². The van der Waals surface area contributed by atoms with Crippen molar-refractivity contribution in [1.82, 2.24) is 5.32 Å². The van der Waals surface area contributed by atoms with Gasteiger partial charge < -0.3 is 10.2 Å². The van der Waals surface area contributed by atoms with Crippen LogP contribution >= 0.6 is 22.9 Å². The fourth-order valence-electron chi connectivity index (χ4n) is 3.00. The molecule has 1 N–H and O–H groups in total. The first-order valence-electron chi connectivity index (χ1n) is 7.52. The molecule has 2 aromatic rings. The zero-order valence-electron chi connectivity index (χ0n) is 12.5. The van der Waals surface area contributed by atoms with Gasteiger partial charge in [-0.15, -0.1) is 11.3 Å². The second kappa shape index (κ2) is 6.39. The Morgan fingerprint density at radius 1 is 1.38 bits per heavy atom. The summed E-state index contributed by atoms with van der Waals surface area (Å²) in [5.74, 6) is 0. The molecule has 2 nitrogen and oxygen atoms in total. The third-order valence-electron chi connectivity index (χ3n) is 4.18. The van der Waals surface area contributed by atoms with Crippen molar-refractivity contribution < 1.29 is 0 Å². The van der Waals surface area contributed by atoms with Crippen molar-refractivity contribution >= 4 is 28.6 Å². The summed E-state index contributed by atoms with van der Waals surface area (Å²) in [5.41, 5.74) is 3.85. The molecule has 2 heterocycles. The van der Waals surface area contributed by atoms with Gasteiger partial charge in [-0.05, 0) is 54.6 Å². The maximum atomic E-state index is 6.54. The summed E-state index contributed by atoms with van der Waals surface area (Å²) in [4.78, 5) is 3.95. The number of thiophene rings is 1. The third-order valence-corrected chi connectivity index (χ3v) is 5.48. The monoisotopic (exact) mass is 320 g/mol. The van der Waals surface area contributed by atoms with E-state index in [1.165, 1.54) is 16.0 Å². The van der Waals surface area contributed by atoms with E-state index >= 15 is 0 Å². The van der Waals surface area contributed by atoms with Gasteiger partial charge in [0.1, 0.15) is 0 Å². The van der Waals surface area contributed by atoms with E-state index in [9.17, 15) is 0 Å². The fraction of sp³-hybridized carbons (Fsp3) is 0.412. The summed E-state index contributed by atoms with van der Waals surface area (Å²) in [6.45, 7) is 7.28. The highest BCUT2D eigenvalue weighted by Crippen LogP contribution is 2.38. The predicted molar refractivity (Wildman–Crippen MR) is 92.6 cm³/mol. The Kier molecular flexibility index (Phi) is 4.53. The molecular formula is C17H21ClN2S. The molecule has 0 aliphatic carbocycles. The van der Waals surface area contributed by atoms with Crippen molar-refractivity contribution in [2.24, 2.45) is 0 Å². The number of hydrogen-bond donors (Lipinski definition) is 1.